The van der Waals surface area contributed by atoms with Crippen LogP contribution >= 0.6 is 11.6 Å². The van der Waals surface area contributed by atoms with Crippen LogP contribution in [0.15, 0.2) is 66.7 Å². The standard InChI is InChI=1S/C24H23ClN2O4/c1-3-30-19-10-5-16(6-11-19)23(28)27-22-15-17(7-14-21(22)25)24(29)26-18-8-12-20(13-9-18)31-4-2/h5-15H,3-4H2,1-2H3,(H,26,29)(H,27,28). The number of halogens is 1. The number of hydrogen-bond donors (Lipinski definition) is 2. The van der Waals surface area contributed by atoms with Crippen LogP contribution in [-0.2, 0) is 0 Å². The van der Waals surface area contributed by atoms with Crippen LogP contribution in [0.5, 0.6) is 11.5 Å². The first-order chi connectivity index (χ1) is 15.0. The molecule has 0 aliphatic carbocycles. The summed E-state index contributed by atoms with van der Waals surface area (Å²) < 4.78 is 10.8. The minimum atomic E-state index is -0.339. The van der Waals surface area contributed by atoms with Crippen LogP contribution in [-0.4, -0.2) is 25.0 Å². The van der Waals surface area contributed by atoms with Gasteiger partial charge in [-0.15, -0.1) is 0 Å². The van der Waals surface area contributed by atoms with Gasteiger partial charge < -0.3 is 20.1 Å². The summed E-state index contributed by atoms with van der Waals surface area (Å²) in [4.78, 5) is 25.2. The van der Waals surface area contributed by atoms with E-state index in [-0.39, 0.29) is 11.8 Å². The largest absolute Gasteiger partial charge is 0.494 e. The Kier molecular flexibility index (Phi) is 7.51. The van der Waals surface area contributed by atoms with Crippen molar-refractivity contribution in [3.8, 4) is 11.5 Å². The van der Waals surface area contributed by atoms with E-state index in [4.69, 9.17) is 21.1 Å². The van der Waals surface area contributed by atoms with Crippen molar-refractivity contribution in [2.24, 2.45) is 0 Å². The predicted molar refractivity (Wildman–Crippen MR) is 123 cm³/mol. The summed E-state index contributed by atoms with van der Waals surface area (Å²) in [5.41, 5.74) is 1.78. The van der Waals surface area contributed by atoms with E-state index in [0.717, 1.165) is 5.75 Å². The van der Waals surface area contributed by atoms with E-state index >= 15 is 0 Å². The first kappa shape index (κ1) is 22.2. The number of amides is 2. The lowest BCUT2D eigenvalue weighted by Crippen LogP contribution is -2.15. The van der Waals surface area contributed by atoms with Crippen molar-refractivity contribution in [1.29, 1.82) is 0 Å². The van der Waals surface area contributed by atoms with Gasteiger partial charge in [0, 0.05) is 16.8 Å². The zero-order valence-corrected chi connectivity index (χ0v) is 18.0. The Hall–Kier alpha value is -3.51. The molecule has 0 bridgehead atoms. The highest BCUT2D eigenvalue weighted by Crippen LogP contribution is 2.25. The molecule has 2 amide bonds. The first-order valence-corrected chi connectivity index (χ1v) is 10.3. The Labute approximate surface area is 186 Å². The molecule has 3 aromatic rings. The van der Waals surface area contributed by atoms with Gasteiger partial charge >= 0.3 is 0 Å². The molecule has 0 heterocycles. The summed E-state index contributed by atoms with van der Waals surface area (Å²) in [6.07, 6.45) is 0. The van der Waals surface area contributed by atoms with Gasteiger partial charge in [0.1, 0.15) is 11.5 Å². The summed E-state index contributed by atoms with van der Waals surface area (Å²) in [5.74, 6) is 0.753. The van der Waals surface area contributed by atoms with Crippen LogP contribution in [0.3, 0.4) is 0 Å². The fourth-order valence-electron chi connectivity index (χ4n) is 2.83. The number of carbonyl (C=O) groups excluding carboxylic acids is 2. The number of carbonyl (C=O) groups is 2. The van der Waals surface area contributed by atoms with Crippen molar-refractivity contribution in [3.63, 3.8) is 0 Å². The third kappa shape index (κ3) is 5.99. The van der Waals surface area contributed by atoms with Crippen molar-refractivity contribution in [1.82, 2.24) is 0 Å². The minimum Gasteiger partial charge on any atom is -0.494 e. The van der Waals surface area contributed by atoms with Crippen molar-refractivity contribution < 1.29 is 19.1 Å². The molecule has 0 aliphatic heterocycles. The molecular formula is C24H23ClN2O4. The van der Waals surface area contributed by atoms with Crippen LogP contribution in [0.4, 0.5) is 11.4 Å². The van der Waals surface area contributed by atoms with E-state index in [1.165, 1.54) is 0 Å². The molecule has 31 heavy (non-hydrogen) atoms. The molecule has 0 aliphatic rings. The topological polar surface area (TPSA) is 76.7 Å². The lowest BCUT2D eigenvalue weighted by molar-refractivity contribution is 0.101. The average molecular weight is 439 g/mol. The Morgan fingerprint density at radius 2 is 1.26 bits per heavy atom. The zero-order chi connectivity index (χ0) is 22.2. The fraction of sp³-hybridized carbons (Fsp3) is 0.167. The van der Waals surface area contributed by atoms with E-state index in [1.54, 1.807) is 66.7 Å². The predicted octanol–water partition coefficient (Wildman–Crippen LogP) is 5.64. The maximum absolute atomic E-state index is 12.6. The third-order valence-electron chi connectivity index (χ3n) is 4.33. The van der Waals surface area contributed by atoms with E-state index in [2.05, 4.69) is 10.6 Å². The smallest absolute Gasteiger partial charge is 0.255 e. The molecule has 3 aromatic carbocycles. The van der Waals surface area contributed by atoms with Crippen LogP contribution in [0, 0.1) is 0 Å². The number of anilines is 2. The van der Waals surface area contributed by atoms with Gasteiger partial charge in [0.15, 0.2) is 0 Å². The molecule has 0 fully saturated rings. The molecule has 6 nitrogen and oxygen atoms in total. The highest BCUT2D eigenvalue weighted by Gasteiger charge is 2.13. The second-order valence-corrected chi connectivity index (χ2v) is 6.92. The molecule has 0 saturated carbocycles. The Balaban J connectivity index is 1.70. The second-order valence-electron chi connectivity index (χ2n) is 6.52. The van der Waals surface area contributed by atoms with Crippen LogP contribution in [0.2, 0.25) is 5.02 Å². The van der Waals surface area contributed by atoms with E-state index < -0.39 is 0 Å². The van der Waals surface area contributed by atoms with Gasteiger partial charge in [-0.3, -0.25) is 9.59 Å². The highest BCUT2D eigenvalue weighted by molar-refractivity contribution is 6.34. The summed E-state index contributed by atoms with van der Waals surface area (Å²) >= 11 is 6.23. The van der Waals surface area contributed by atoms with Crippen LogP contribution in [0.1, 0.15) is 34.6 Å². The molecule has 0 saturated heterocycles. The molecule has 0 radical (unpaired) electrons. The molecule has 160 valence electrons. The number of hydrogen-bond acceptors (Lipinski definition) is 4. The number of nitrogens with one attached hydrogen (secondary N) is 2. The van der Waals surface area contributed by atoms with Gasteiger partial charge in [0.2, 0.25) is 0 Å². The summed E-state index contributed by atoms with van der Waals surface area (Å²) in [7, 11) is 0. The molecule has 0 atom stereocenters. The van der Waals surface area contributed by atoms with Gasteiger partial charge in [-0.1, -0.05) is 11.6 Å². The average Bonchev–Trinajstić information content (AvgIpc) is 2.77. The van der Waals surface area contributed by atoms with Crippen LogP contribution < -0.4 is 20.1 Å². The number of ether oxygens (including phenoxy) is 2. The van der Waals surface area contributed by atoms with Crippen molar-refractivity contribution in [2.45, 2.75) is 13.8 Å². The van der Waals surface area contributed by atoms with Crippen LogP contribution in [0.25, 0.3) is 0 Å². The fourth-order valence-corrected chi connectivity index (χ4v) is 3.00. The lowest BCUT2D eigenvalue weighted by Gasteiger charge is -2.11. The Morgan fingerprint density at radius 3 is 1.84 bits per heavy atom. The van der Waals surface area contributed by atoms with Gasteiger partial charge in [-0.2, -0.15) is 0 Å². The molecular weight excluding hydrogens is 416 g/mol. The quantitative estimate of drug-likeness (QED) is 0.477. The minimum absolute atomic E-state index is 0.322. The second kappa shape index (κ2) is 10.5. The molecule has 0 aromatic heterocycles. The highest BCUT2D eigenvalue weighted by atomic mass is 35.5. The molecule has 7 heteroatoms. The zero-order valence-electron chi connectivity index (χ0n) is 17.3. The van der Waals surface area contributed by atoms with Gasteiger partial charge in [-0.25, -0.2) is 0 Å². The van der Waals surface area contributed by atoms with Crippen molar-refractivity contribution in [2.75, 3.05) is 23.8 Å². The summed E-state index contributed by atoms with van der Waals surface area (Å²) in [6.45, 7) is 4.92. The van der Waals surface area contributed by atoms with Gasteiger partial charge in [0.05, 0.1) is 23.9 Å². The van der Waals surface area contributed by atoms with Gasteiger partial charge in [0.25, 0.3) is 11.8 Å². The van der Waals surface area contributed by atoms with E-state index in [0.29, 0.717) is 46.5 Å². The Morgan fingerprint density at radius 1 is 0.742 bits per heavy atom. The SMILES string of the molecule is CCOc1ccc(NC(=O)c2ccc(Cl)c(NC(=O)c3ccc(OCC)cc3)c2)cc1. The molecule has 0 spiro atoms. The van der Waals surface area contributed by atoms with E-state index in [1.807, 2.05) is 13.8 Å². The van der Waals surface area contributed by atoms with Crippen molar-refractivity contribution >= 4 is 34.8 Å². The molecule has 3 rings (SSSR count). The maximum atomic E-state index is 12.6. The summed E-state index contributed by atoms with van der Waals surface area (Å²) in [5, 5.41) is 5.89. The first-order valence-electron chi connectivity index (χ1n) is 9.88. The monoisotopic (exact) mass is 438 g/mol. The maximum Gasteiger partial charge on any atom is 0.255 e. The number of rotatable bonds is 8. The lowest BCUT2D eigenvalue weighted by atomic mass is 10.1. The number of benzene rings is 3. The van der Waals surface area contributed by atoms with E-state index in [9.17, 15) is 9.59 Å². The van der Waals surface area contributed by atoms with Crippen molar-refractivity contribution in [3.05, 3.63) is 82.9 Å². The third-order valence-corrected chi connectivity index (χ3v) is 4.66. The summed E-state index contributed by atoms with van der Waals surface area (Å²) in [6, 6.07) is 18.6. The normalized spacial score (nSPS) is 10.3. The Bertz CT molecular complexity index is 1050. The molecule has 0 unspecified atom stereocenters. The van der Waals surface area contributed by atoms with Gasteiger partial charge in [-0.05, 0) is 80.6 Å². The molecule has 2 N–H and O–H groups in total.